The summed E-state index contributed by atoms with van der Waals surface area (Å²) in [6.45, 7) is 11.3. The lowest BCUT2D eigenvalue weighted by atomic mass is 9.67. The van der Waals surface area contributed by atoms with E-state index in [-0.39, 0.29) is 5.78 Å². The Morgan fingerprint density at radius 2 is 1.92 bits per heavy atom. The number of carbonyl (C=O) groups is 2. The van der Waals surface area contributed by atoms with Crippen LogP contribution in [0.25, 0.3) is 0 Å². The van der Waals surface area contributed by atoms with E-state index in [2.05, 4.69) is 5.32 Å². The molecule has 0 bridgehead atoms. The van der Waals surface area contributed by atoms with Crippen LogP contribution in [-0.2, 0) is 9.53 Å². The number of ketones is 1. The third kappa shape index (κ3) is 2.65. The summed E-state index contributed by atoms with van der Waals surface area (Å²) in [5.41, 5.74) is 2.07. The molecule has 0 aliphatic heterocycles. The van der Waals surface area contributed by atoms with Gasteiger partial charge in [-0.2, -0.15) is 0 Å². The quantitative estimate of drug-likeness (QED) is 0.806. The fourth-order valence-electron chi connectivity index (χ4n) is 4.12. The number of ether oxygens (including phenoxy) is 1. The number of amides is 1. The van der Waals surface area contributed by atoms with Gasteiger partial charge in [-0.25, -0.2) is 4.79 Å². The minimum Gasteiger partial charge on any atom is -0.444 e. The van der Waals surface area contributed by atoms with Crippen molar-refractivity contribution in [3.63, 3.8) is 0 Å². The van der Waals surface area contributed by atoms with Crippen molar-refractivity contribution in [3.05, 3.63) is 33.9 Å². The summed E-state index contributed by atoms with van der Waals surface area (Å²) in [5.74, 6) is -0.211. The van der Waals surface area contributed by atoms with Gasteiger partial charge in [0.1, 0.15) is 11.2 Å². The van der Waals surface area contributed by atoms with Crippen molar-refractivity contribution in [2.75, 3.05) is 6.54 Å². The predicted octanol–water partition coefficient (Wildman–Crippen LogP) is 3.20. The zero-order valence-corrected chi connectivity index (χ0v) is 15.9. The van der Waals surface area contributed by atoms with Crippen LogP contribution >= 0.6 is 0 Å². The monoisotopic (exact) mass is 345 g/mol. The van der Waals surface area contributed by atoms with Crippen LogP contribution in [0.1, 0.15) is 54.4 Å². The van der Waals surface area contributed by atoms with Crippen LogP contribution in [0.5, 0.6) is 0 Å². The maximum Gasteiger partial charge on any atom is 0.407 e. The Hall–Kier alpha value is -1.88. The lowest BCUT2D eigenvalue weighted by Gasteiger charge is -2.39. The number of Topliss-reactive ketones (excluding diaryl/α,β-unsaturated/α-hetero) is 1. The van der Waals surface area contributed by atoms with E-state index < -0.39 is 22.7 Å². The number of rotatable bonds is 2. The van der Waals surface area contributed by atoms with Gasteiger partial charge in [0.15, 0.2) is 5.78 Å². The molecule has 0 unspecified atom stereocenters. The van der Waals surface area contributed by atoms with E-state index in [1.165, 1.54) is 0 Å². The van der Waals surface area contributed by atoms with E-state index in [9.17, 15) is 14.7 Å². The molecule has 25 heavy (non-hydrogen) atoms. The zero-order chi connectivity index (χ0) is 18.8. The second-order valence-corrected chi connectivity index (χ2v) is 8.56. The molecule has 0 heterocycles. The Bertz CT molecular complexity index is 755. The van der Waals surface area contributed by atoms with Crippen molar-refractivity contribution < 1.29 is 19.4 Å². The van der Waals surface area contributed by atoms with Gasteiger partial charge in [0.2, 0.25) is 0 Å². The maximum absolute atomic E-state index is 12.9. The van der Waals surface area contributed by atoms with Crippen LogP contribution in [-0.4, -0.2) is 34.7 Å². The first-order chi connectivity index (χ1) is 11.4. The van der Waals surface area contributed by atoms with Gasteiger partial charge in [0, 0.05) is 17.5 Å². The number of carbonyl (C=O) groups excluding carboxylic acids is 2. The lowest BCUT2D eigenvalue weighted by Crippen LogP contribution is -2.49. The van der Waals surface area contributed by atoms with Crippen LogP contribution in [0.3, 0.4) is 0 Å². The molecule has 0 aromatic heterocycles. The molecule has 0 saturated heterocycles. The molecule has 0 aromatic carbocycles. The number of fused-ring (bicyclic) bond motifs is 1. The van der Waals surface area contributed by atoms with Crippen LogP contribution < -0.4 is 5.32 Å². The second-order valence-electron chi connectivity index (χ2n) is 8.56. The number of aliphatic hydroxyl groups is 1. The Labute approximate surface area is 148 Å². The van der Waals surface area contributed by atoms with Gasteiger partial charge in [-0.1, -0.05) is 5.57 Å². The topological polar surface area (TPSA) is 75.6 Å². The Kier molecular flexibility index (Phi) is 3.81. The molecule has 3 aliphatic carbocycles. The molecule has 1 saturated carbocycles. The van der Waals surface area contributed by atoms with E-state index in [0.717, 1.165) is 35.1 Å². The molecule has 1 spiro atoms. The summed E-state index contributed by atoms with van der Waals surface area (Å²) in [7, 11) is 0. The molecule has 0 radical (unpaired) electrons. The van der Waals surface area contributed by atoms with Gasteiger partial charge in [-0.05, 0) is 77.2 Å². The minimum absolute atomic E-state index is 0.211. The first-order valence-corrected chi connectivity index (χ1v) is 8.78. The van der Waals surface area contributed by atoms with Crippen LogP contribution in [0.15, 0.2) is 33.9 Å². The van der Waals surface area contributed by atoms with Crippen molar-refractivity contribution in [1.29, 1.82) is 0 Å². The summed E-state index contributed by atoms with van der Waals surface area (Å²) in [6, 6.07) is 0. The zero-order valence-electron chi connectivity index (χ0n) is 15.9. The van der Waals surface area contributed by atoms with Crippen LogP contribution in [0.4, 0.5) is 4.79 Å². The highest BCUT2D eigenvalue weighted by Gasteiger charge is 2.65. The Morgan fingerprint density at radius 1 is 1.32 bits per heavy atom. The van der Waals surface area contributed by atoms with Gasteiger partial charge >= 0.3 is 6.09 Å². The molecule has 1 amide bonds. The van der Waals surface area contributed by atoms with Gasteiger partial charge in [0.25, 0.3) is 0 Å². The average molecular weight is 345 g/mol. The summed E-state index contributed by atoms with van der Waals surface area (Å²) in [6.07, 6.45) is 2.99. The summed E-state index contributed by atoms with van der Waals surface area (Å²) < 4.78 is 5.29. The number of hydrogen-bond donors (Lipinski definition) is 2. The lowest BCUT2D eigenvalue weighted by molar-refractivity contribution is -0.137. The summed E-state index contributed by atoms with van der Waals surface area (Å²) in [4.78, 5) is 24.8. The molecular weight excluding hydrogens is 318 g/mol. The number of alkyl carbamates (subject to hydrolysis) is 1. The van der Waals surface area contributed by atoms with E-state index in [0.29, 0.717) is 12.1 Å². The Morgan fingerprint density at radius 3 is 2.44 bits per heavy atom. The SMILES string of the molecule is CC1=C(CNC(=O)OC(C)(C)C)C2=C(C)C3(CC3)[C@@](C)(O)C(=O)C2=C1. The highest BCUT2D eigenvalue weighted by Crippen LogP contribution is 2.64. The van der Waals surface area contributed by atoms with E-state index >= 15 is 0 Å². The first-order valence-electron chi connectivity index (χ1n) is 8.78. The second kappa shape index (κ2) is 5.31. The molecular formula is C20H27NO4. The third-order valence-corrected chi connectivity index (χ3v) is 5.68. The van der Waals surface area contributed by atoms with Crippen molar-refractivity contribution >= 4 is 11.9 Å². The van der Waals surface area contributed by atoms with Crippen molar-refractivity contribution in [2.24, 2.45) is 5.41 Å². The molecule has 1 fully saturated rings. The predicted molar refractivity (Wildman–Crippen MR) is 95.0 cm³/mol. The van der Waals surface area contributed by atoms with E-state index in [1.54, 1.807) is 6.92 Å². The van der Waals surface area contributed by atoms with E-state index in [4.69, 9.17) is 4.74 Å². The van der Waals surface area contributed by atoms with Crippen LogP contribution in [0, 0.1) is 5.41 Å². The fourth-order valence-corrected chi connectivity index (χ4v) is 4.12. The van der Waals surface area contributed by atoms with Gasteiger partial charge in [0.05, 0.1) is 0 Å². The standard InChI is InChI=1S/C20H27NO4/c1-11-9-13-15(14(11)10-21-17(23)25-18(3,4)5)12(2)20(7-8-20)19(6,24)16(13)22/h9,24H,7-8,10H2,1-6H3,(H,21,23)/t19-/m0/s1. The molecule has 1 atom stereocenters. The normalized spacial score (nSPS) is 27.5. The highest BCUT2D eigenvalue weighted by molar-refractivity contribution is 6.10. The number of allylic oxidation sites excluding steroid dienone is 2. The van der Waals surface area contributed by atoms with Gasteiger partial charge < -0.3 is 15.2 Å². The maximum atomic E-state index is 12.9. The molecule has 5 heteroatoms. The smallest absolute Gasteiger partial charge is 0.407 e. The van der Waals surface area contributed by atoms with Gasteiger partial charge in [-0.3, -0.25) is 4.79 Å². The Balaban J connectivity index is 1.88. The molecule has 5 nitrogen and oxygen atoms in total. The van der Waals surface area contributed by atoms with Crippen molar-refractivity contribution in [1.82, 2.24) is 5.32 Å². The largest absolute Gasteiger partial charge is 0.444 e. The summed E-state index contributed by atoms with van der Waals surface area (Å²) >= 11 is 0. The molecule has 3 rings (SSSR count). The highest BCUT2D eigenvalue weighted by atomic mass is 16.6. The third-order valence-electron chi connectivity index (χ3n) is 5.68. The molecule has 0 aromatic rings. The molecule has 136 valence electrons. The fraction of sp³-hybridized carbons (Fsp3) is 0.600. The van der Waals surface area contributed by atoms with E-state index in [1.807, 2.05) is 40.7 Å². The first kappa shape index (κ1) is 17.9. The summed E-state index contributed by atoms with van der Waals surface area (Å²) in [5, 5.41) is 13.6. The number of hydrogen-bond acceptors (Lipinski definition) is 4. The average Bonchev–Trinajstić information content (AvgIpc) is 3.21. The van der Waals surface area contributed by atoms with Gasteiger partial charge in [-0.15, -0.1) is 0 Å². The minimum atomic E-state index is -1.35. The molecule has 3 aliphatic rings. The van der Waals surface area contributed by atoms with Crippen molar-refractivity contribution in [3.8, 4) is 0 Å². The number of nitrogens with one attached hydrogen (secondary N) is 1. The van der Waals surface area contributed by atoms with Crippen molar-refractivity contribution in [2.45, 2.75) is 65.6 Å². The molecule has 2 N–H and O–H groups in total. The van der Waals surface area contributed by atoms with Crippen LogP contribution in [0.2, 0.25) is 0 Å².